The SMILES string of the molecule is CC(C)C1CCc2cc(C(C)(C)C)ccc2N1.CC(C)c1cc2cc(C(C)(C)C)ccc2o1.CC(C)c1cc2cc(C(C)(C)C)ccc2s1.CC(C)c1ccc2c(c1)CC(C(C)C)C2.CC(C)c1ccc2c(c1)CCC(C(C)(C)C)C2.CC(C)c1ccc2c(c1)CCC(C(C)(C)C)O2.CC(C)c1ccc2cc(C(C)(C)C)ccc2n1.CC(C)c1ccc2oc(C(C)(C)C)cc(=O)c2c1.CC(C)c1nc2cc(C(C)(C)C)ccc2o1. The number of benzene rings is 9. The lowest BCUT2D eigenvalue weighted by Crippen LogP contribution is -2.35. The zero-order chi connectivity index (χ0) is 111. The highest BCUT2D eigenvalue weighted by Crippen LogP contribution is 2.44. The monoisotopic (exact) mass is 2030 g/mol. The predicted molar refractivity (Wildman–Crippen MR) is 650 cm³/mol. The van der Waals surface area contributed by atoms with Gasteiger partial charge in [-0.2, -0.15) is 0 Å². The highest BCUT2D eigenvalue weighted by Gasteiger charge is 2.34. The molecule has 4 unspecified atom stereocenters. The minimum Gasteiger partial charge on any atom is -0.490 e. The van der Waals surface area contributed by atoms with Gasteiger partial charge in [-0.1, -0.05) is 402 Å². The second-order valence-electron chi connectivity index (χ2n) is 55.2. The number of ether oxygens (including phenoxy) is 1. The van der Waals surface area contributed by atoms with Crippen LogP contribution in [-0.4, -0.2) is 22.1 Å². The number of fused-ring (bicyclic) bond motifs is 9. The lowest BCUT2D eigenvalue weighted by molar-refractivity contribution is 0.0674. The highest BCUT2D eigenvalue weighted by molar-refractivity contribution is 7.19. The summed E-state index contributed by atoms with van der Waals surface area (Å²) < 4.78 is 24.9. The summed E-state index contributed by atoms with van der Waals surface area (Å²) in [6.07, 6.45) is 11.6. The Morgan fingerprint density at radius 2 is 0.812 bits per heavy atom. The Morgan fingerprint density at radius 1 is 0.329 bits per heavy atom. The van der Waals surface area contributed by atoms with Crippen molar-refractivity contribution in [2.75, 3.05) is 5.32 Å². The van der Waals surface area contributed by atoms with E-state index in [1.807, 2.05) is 56.4 Å². The fraction of sp³-hybridized carbons (Fsp3) is 0.536. The molecule has 0 saturated heterocycles. The number of rotatable bonds is 10. The number of oxazole rings is 1. The Morgan fingerprint density at radius 3 is 1.34 bits per heavy atom. The van der Waals surface area contributed by atoms with Gasteiger partial charge in [0, 0.05) is 61.1 Å². The van der Waals surface area contributed by atoms with Crippen LogP contribution >= 0.6 is 11.3 Å². The van der Waals surface area contributed by atoms with E-state index in [4.69, 9.17) is 23.0 Å². The van der Waals surface area contributed by atoms with Crippen LogP contribution in [0, 0.1) is 34.5 Å². The molecule has 2 aliphatic heterocycles. The first-order chi connectivity index (χ1) is 69.0. The van der Waals surface area contributed by atoms with E-state index in [-0.39, 0.29) is 43.3 Å². The van der Waals surface area contributed by atoms with Crippen LogP contribution in [0.1, 0.15) is 483 Å². The summed E-state index contributed by atoms with van der Waals surface area (Å²) in [4.78, 5) is 22.9. The van der Waals surface area contributed by atoms with Gasteiger partial charge in [0.1, 0.15) is 40.1 Å². The van der Waals surface area contributed by atoms with E-state index < -0.39 is 0 Å². The molecule has 18 rings (SSSR count). The quantitative estimate of drug-likeness (QED) is 0.144. The number of anilines is 1. The van der Waals surface area contributed by atoms with Gasteiger partial charge in [-0.25, -0.2) is 4.98 Å². The highest BCUT2D eigenvalue weighted by atomic mass is 32.1. The maximum absolute atomic E-state index is 12.2. The molecule has 808 valence electrons. The normalized spacial score (nSPS) is 15.9. The van der Waals surface area contributed by atoms with Crippen LogP contribution in [0.4, 0.5) is 5.69 Å². The number of furan rings is 1. The topological polar surface area (TPSA) is 104 Å². The molecule has 1 N–H and O–H groups in total. The van der Waals surface area contributed by atoms with Gasteiger partial charge < -0.3 is 23.3 Å². The molecule has 0 radical (unpaired) electrons. The zero-order valence-corrected chi connectivity index (χ0v) is 102. The van der Waals surface area contributed by atoms with Crippen LogP contribution < -0.4 is 15.5 Å². The first kappa shape index (κ1) is 121. The van der Waals surface area contributed by atoms with Crippen molar-refractivity contribution in [2.45, 2.75) is 454 Å². The molecule has 0 spiro atoms. The molecule has 14 aromatic rings. The number of hydrogen-bond acceptors (Lipinski definition) is 9. The van der Waals surface area contributed by atoms with Crippen LogP contribution in [-0.2, 0) is 71.0 Å². The second-order valence-corrected chi connectivity index (χ2v) is 56.3. The fourth-order valence-electron chi connectivity index (χ4n) is 19.4. The van der Waals surface area contributed by atoms with E-state index in [2.05, 4.69) is 458 Å². The van der Waals surface area contributed by atoms with E-state index in [1.165, 1.54) is 143 Å². The van der Waals surface area contributed by atoms with Crippen molar-refractivity contribution in [3.8, 4) is 5.75 Å². The first-order valence-electron chi connectivity index (χ1n) is 56.9. The molecule has 0 amide bonds. The summed E-state index contributed by atoms with van der Waals surface area (Å²) >= 11 is 1.92. The molecule has 8 nitrogen and oxygen atoms in total. The smallest absolute Gasteiger partial charge is 0.198 e. The van der Waals surface area contributed by atoms with E-state index in [9.17, 15) is 4.79 Å². The van der Waals surface area contributed by atoms with Gasteiger partial charge in [0.25, 0.3) is 0 Å². The van der Waals surface area contributed by atoms with Crippen LogP contribution in [0.25, 0.3) is 54.0 Å². The first-order valence-corrected chi connectivity index (χ1v) is 57.7. The van der Waals surface area contributed by atoms with Crippen LogP contribution in [0.15, 0.2) is 212 Å². The molecule has 0 saturated carbocycles. The number of aromatic nitrogens is 2. The zero-order valence-electron chi connectivity index (χ0n) is 101. The van der Waals surface area contributed by atoms with Gasteiger partial charge in [0.2, 0.25) is 0 Å². The third-order valence-electron chi connectivity index (χ3n) is 30.7. The van der Waals surface area contributed by atoms with Gasteiger partial charge in [0.05, 0.1) is 10.9 Å². The molecule has 2 aliphatic carbocycles. The summed E-state index contributed by atoms with van der Waals surface area (Å²) in [5.74, 6) is 11.2. The Kier molecular flexibility index (Phi) is 40.6. The number of hydrogen-bond donors (Lipinski definition) is 1. The van der Waals surface area contributed by atoms with Gasteiger partial charge in [-0.05, 0) is 335 Å². The van der Waals surface area contributed by atoms with Crippen molar-refractivity contribution in [3.63, 3.8) is 0 Å². The molecular formula is C140H197N3O5S. The number of aryl methyl sites for hydroxylation is 3. The van der Waals surface area contributed by atoms with Gasteiger partial charge in [-0.3, -0.25) is 9.78 Å². The average Bonchev–Trinajstić information content (AvgIpc) is 1.77. The minimum atomic E-state index is -0.149. The molecule has 7 heterocycles. The summed E-state index contributed by atoms with van der Waals surface area (Å²) in [7, 11) is 0. The summed E-state index contributed by atoms with van der Waals surface area (Å²) in [6, 6.07) is 71.1. The standard InChI is InChI=1S/C17H26.C16H25N.C16H21N.C16H20O2.C16H24O.C15H20O.C15H20S.C15H22.C14H19NO/c1-12(2)13-6-7-15-11-16(17(3,4)5)9-8-14(15)10-13;2*1-11(2)14-8-6-12-10-13(16(3,4)5)7-9-15(12)17-14;1-10(2)11-6-7-14-12(8-11)13(17)9-15(18-14)16(3,4)5;1-11(2)12-6-8-14-13(10-12)7-9-15(17-14)16(3,4)5;2*1-10(2)14-9-11-8-12(15(3,4)5)6-7-13(11)16-14;1-10(2)12-5-6-13-8-14(11(3)4)9-15(13)7-12;1-9(2)13-15-11-8-10(14(3,4)5)6-7-12(11)16-13/h6-7,10,12,16H,8-9,11H2,1-5H3;7,9-11,14,17H,6,8H2,1-5H3;6-11H,1-5H3;6-10H,1-5H3;6,8,10-11,15H,7,9H2,1-5H3;2*6-10H,1-5H3;5-7,10-11,14H,8-9H2,1-4H3;6-9H,1-5H3. The summed E-state index contributed by atoms with van der Waals surface area (Å²) in [5.41, 5.74) is 30.5. The molecule has 5 aromatic heterocycles. The second kappa shape index (κ2) is 49.9. The van der Waals surface area contributed by atoms with Crippen LogP contribution in [0.2, 0.25) is 0 Å². The van der Waals surface area contributed by atoms with Crippen molar-refractivity contribution >= 4 is 71.1 Å². The Hall–Kier alpha value is -9.83. The third kappa shape index (κ3) is 33.8. The molecule has 9 aromatic carbocycles. The molecule has 4 aliphatic rings. The van der Waals surface area contributed by atoms with Crippen molar-refractivity contribution in [2.24, 2.45) is 34.5 Å². The van der Waals surface area contributed by atoms with E-state index in [0.717, 1.165) is 76.0 Å². The Bertz CT molecular complexity index is 6470. The summed E-state index contributed by atoms with van der Waals surface area (Å²) in [5, 5.41) is 8.21. The average molecular weight is 2030 g/mol. The molecular weight excluding hydrogens is 1840 g/mol. The molecule has 9 heteroatoms. The molecule has 149 heavy (non-hydrogen) atoms. The van der Waals surface area contributed by atoms with Gasteiger partial charge in [-0.15, -0.1) is 11.3 Å². The maximum atomic E-state index is 12.2. The van der Waals surface area contributed by atoms with Gasteiger partial charge in [0.15, 0.2) is 16.9 Å². The lowest BCUT2D eigenvalue weighted by atomic mass is 9.70. The maximum Gasteiger partial charge on any atom is 0.198 e. The number of thiophene rings is 1. The predicted octanol–water partition coefficient (Wildman–Crippen LogP) is 41.4. The fourth-order valence-corrected chi connectivity index (χ4v) is 20.4. The van der Waals surface area contributed by atoms with Crippen molar-refractivity contribution in [1.82, 2.24) is 9.97 Å². The van der Waals surface area contributed by atoms with Crippen molar-refractivity contribution in [3.05, 3.63) is 316 Å². The number of nitrogens with zero attached hydrogens (tertiary/aromatic N) is 2. The van der Waals surface area contributed by atoms with Gasteiger partial charge >= 0.3 is 0 Å². The third-order valence-corrected chi connectivity index (χ3v) is 32.1. The van der Waals surface area contributed by atoms with Crippen molar-refractivity contribution < 1.29 is 18.0 Å². The van der Waals surface area contributed by atoms with E-state index in [1.54, 1.807) is 28.3 Å². The Balaban J connectivity index is 0.000000171. The molecule has 0 fully saturated rings. The molecule has 4 atom stereocenters. The Labute approximate surface area is 908 Å². The van der Waals surface area contributed by atoms with Crippen LogP contribution in [0.3, 0.4) is 0 Å². The lowest BCUT2D eigenvalue weighted by Gasteiger charge is -2.35. The largest absolute Gasteiger partial charge is 0.490 e. The van der Waals surface area contributed by atoms with Crippen LogP contribution in [0.5, 0.6) is 5.75 Å². The number of pyridine rings is 1. The van der Waals surface area contributed by atoms with Crippen molar-refractivity contribution in [1.29, 1.82) is 0 Å². The van der Waals surface area contributed by atoms with E-state index >= 15 is 0 Å². The molecule has 0 bridgehead atoms. The summed E-state index contributed by atoms with van der Waals surface area (Å²) in [6.45, 7) is 98.2. The number of nitrogens with one attached hydrogen (secondary N) is 1. The van der Waals surface area contributed by atoms with E-state index in [0.29, 0.717) is 81.8 Å². The minimum absolute atomic E-state index is 0.0451.